The molecule has 2 heteroatoms. The number of furan rings is 1. The number of carbonyl (C=O) groups excluding carboxylic acids is 1. The molecule has 2 rings (SSSR count). The lowest BCUT2D eigenvalue weighted by molar-refractivity contribution is 0.0946. The molecule has 1 atom stereocenters. The van der Waals surface area contributed by atoms with Gasteiger partial charge in [0.2, 0.25) is 0 Å². The highest BCUT2D eigenvalue weighted by molar-refractivity contribution is 5.93. The van der Waals surface area contributed by atoms with Crippen molar-refractivity contribution in [1.29, 1.82) is 0 Å². The number of hydrogen-bond donors (Lipinski definition) is 0. The molecule has 20 heavy (non-hydrogen) atoms. The number of benzene rings is 1. The second kappa shape index (κ2) is 6.90. The van der Waals surface area contributed by atoms with E-state index in [-0.39, 0.29) is 11.7 Å². The van der Waals surface area contributed by atoms with E-state index in [0.717, 1.165) is 6.42 Å². The SMILES string of the molecule is CC(C)=CCC(CC(=O)c1ccco1)c1ccccc1. The molecule has 0 aliphatic carbocycles. The van der Waals surface area contributed by atoms with E-state index in [2.05, 4.69) is 32.1 Å². The Morgan fingerprint density at radius 2 is 1.90 bits per heavy atom. The van der Waals surface area contributed by atoms with Crippen molar-refractivity contribution in [2.75, 3.05) is 0 Å². The molecule has 0 aliphatic heterocycles. The van der Waals surface area contributed by atoms with Gasteiger partial charge in [-0.15, -0.1) is 0 Å². The van der Waals surface area contributed by atoms with Crippen molar-refractivity contribution in [2.45, 2.75) is 32.6 Å². The Morgan fingerprint density at radius 3 is 2.50 bits per heavy atom. The summed E-state index contributed by atoms with van der Waals surface area (Å²) in [4.78, 5) is 12.2. The van der Waals surface area contributed by atoms with Crippen LogP contribution in [0.25, 0.3) is 0 Å². The van der Waals surface area contributed by atoms with Gasteiger partial charge in [-0.3, -0.25) is 4.79 Å². The van der Waals surface area contributed by atoms with Gasteiger partial charge in [0, 0.05) is 6.42 Å². The van der Waals surface area contributed by atoms with E-state index in [1.54, 1.807) is 18.4 Å². The number of ketones is 1. The molecule has 2 nitrogen and oxygen atoms in total. The Morgan fingerprint density at radius 1 is 1.15 bits per heavy atom. The van der Waals surface area contributed by atoms with Crippen LogP contribution < -0.4 is 0 Å². The molecular formula is C18H20O2. The minimum Gasteiger partial charge on any atom is -0.461 e. The highest BCUT2D eigenvalue weighted by atomic mass is 16.3. The Balaban J connectivity index is 2.14. The van der Waals surface area contributed by atoms with Crippen molar-refractivity contribution in [3.8, 4) is 0 Å². The Hall–Kier alpha value is -2.09. The Bertz CT molecular complexity index is 561. The molecule has 0 spiro atoms. The maximum absolute atomic E-state index is 12.2. The number of hydrogen-bond acceptors (Lipinski definition) is 2. The van der Waals surface area contributed by atoms with Crippen LogP contribution in [0.5, 0.6) is 0 Å². The van der Waals surface area contributed by atoms with Gasteiger partial charge in [0.25, 0.3) is 0 Å². The third-order valence-corrected chi connectivity index (χ3v) is 3.31. The molecule has 1 aromatic heterocycles. The van der Waals surface area contributed by atoms with Crippen LogP contribution in [0.15, 0.2) is 64.8 Å². The fourth-order valence-corrected chi connectivity index (χ4v) is 2.20. The zero-order valence-electron chi connectivity index (χ0n) is 12.0. The molecule has 2 aromatic rings. The van der Waals surface area contributed by atoms with Gasteiger partial charge in [-0.05, 0) is 43.9 Å². The van der Waals surface area contributed by atoms with Crippen molar-refractivity contribution in [1.82, 2.24) is 0 Å². The molecular weight excluding hydrogens is 248 g/mol. The molecule has 1 aromatic carbocycles. The van der Waals surface area contributed by atoms with E-state index in [0.29, 0.717) is 12.2 Å². The molecule has 0 amide bonds. The monoisotopic (exact) mass is 268 g/mol. The van der Waals surface area contributed by atoms with Crippen LogP contribution in [0.4, 0.5) is 0 Å². The highest BCUT2D eigenvalue weighted by Gasteiger charge is 2.17. The molecule has 0 N–H and O–H groups in total. The molecule has 0 saturated heterocycles. The van der Waals surface area contributed by atoms with Gasteiger partial charge in [0.1, 0.15) is 0 Å². The van der Waals surface area contributed by atoms with Crippen molar-refractivity contribution >= 4 is 5.78 Å². The third kappa shape index (κ3) is 3.95. The topological polar surface area (TPSA) is 30.2 Å². The van der Waals surface area contributed by atoms with E-state index >= 15 is 0 Å². The summed E-state index contributed by atoms with van der Waals surface area (Å²) in [5, 5.41) is 0. The fraction of sp³-hybridized carbons (Fsp3) is 0.278. The smallest absolute Gasteiger partial charge is 0.198 e. The minimum absolute atomic E-state index is 0.0611. The van der Waals surface area contributed by atoms with E-state index in [1.807, 2.05) is 18.2 Å². The van der Waals surface area contributed by atoms with Gasteiger partial charge in [-0.25, -0.2) is 0 Å². The molecule has 0 fully saturated rings. The number of carbonyl (C=O) groups is 1. The van der Waals surface area contributed by atoms with Crippen LogP contribution in [0.2, 0.25) is 0 Å². The van der Waals surface area contributed by atoms with Crippen LogP contribution in [0.1, 0.15) is 48.7 Å². The summed E-state index contributed by atoms with van der Waals surface area (Å²) in [5.41, 5.74) is 2.47. The molecule has 0 radical (unpaired) electrons. The van der Waals surface area contributed by atoms with Crippen LogP contribution in [-0.4, -0.2) is 5.78 Å². The standard InChI is InChI=1S/C18H20O2/c1-14(2)10-11-16(15-7-4-3-5-8-15)13-17(19)18-9-6-12-20-18/h3-10,12,16H,11,13H2,1-2H3. The lowest BCUT2D eigenvalue weighted by Gasteiger charge is -2.14. The van der Waals surface area contributed by atoms with Gasteiger partial charge in [0.05, 0.1) is 6.26 Å². The van der Waals surface area contributed by atoms with Gasteiger partial charge >= 0.3 is 0 Å². The predicted octanol–water partition coefficient (Wildman–Crippen LogP) is 4.99. The zero-order chi connectivity index (χ0) is 14.4. The molecule has 1 unspecified atom stereocenters. The first-order valence-electron chi connectivity index (χ1n) is 6.92. The predicted molar refractivity (Wildman–Crippen MR) is 80.9 cm³/mol. The van der Waals surface area contributed by atoms with Crippen LogP contribution >= 0.6 is 0 Å². The average molecular weight is 268 g/mol. The summed E-state index contributed by atoms with van der Waals surface area (Å²) >= 11 is 0. The second-order valence-corrected chi connectivity index (χ2v) is 5.23. The van der Waals surface area contributed by atoms with Crippen LogP contribution in [0, 0.1) is 0 Å². The first kappa shape index (κ1) is 14.3. The van der Waals surface area contributed by atoms with E-state index < -0.39 is 0 Å². The zero-order valence-corrected chi connectivity index (χ0v) is 12.0. The van der Waals surface area contributed by atoms with Crippen molar-refractivity contribution in [3.05, 3.63) is 71.7 Å². The molecule has 0 aliphatic rings. The summed E-state index contributed by atoms with van der Waals surface area (Å²) in [6.07, 6.45) is 5.08. The summed E-state index contributed by atoms with van der Waals surface area (Å²) in [7, 11) is 0. The summed E-state index contributed by atoms with van der Waals surface area (Å²) in [6.45, 7) is 4.16. The van der Waals surface area contributed by atoms with Crippen molar-refractivity contribution in [2.24, 2.45) is 0 Å². The Kier molecular flexibility index (Phi) is 4.94. The number of Topliss-reactive ketones (excluding diaryl/α,β-unsaturated/α-hetero) is 1. The van der Waals surface area contributed by atoms with Gasteiger partial charge in [-0.2, -0.15) is 0 Å². The highest BCUT2D eigenvalue weighted by Crippen LogP contribution is 2.26. The summed E-state index contributed by atoms with van der Waals surface area (Å²) in [5.74, 6) is 0.706. The van der Waals surface area contributed by atoms with E-state index in [9.17, 15) is 4.79 Å². The second-order valence-electron chi connectivity index (χ2n) is 5.23. The van der Waals surface area contributed by atoms with Gasteiger partial charge in [-0.1, -0.05) is 42.0 Å². The minimum atomic E-state index is 0.0611. The fourth-order valence-electron chi connectivity index (χ4n) is 2.20. The van der Waals surface area contributed by atoms with Gasteiger partial charge in [0.15, 0.2) is 11.5 Å². The first-order chi connectivity index (χ1) is 9.66. The normalized spacial score (nSPS) is 11.9. The maximum Gasteiger partial charge on any atom is 0.198 e. The lowest BCUT2D eigenvalue weighted by atomic mass is 9.89. The van der Waals surface area contributed by atoms with Crippen molar-refractivity contribution in [3.63, 3.8) is 0 Å². The van der Waals surface area contributed by atoms with Gasteiger partial charge < -0.3 is 4.42 Å². The lowest BCUT2D eigenvalue weighted by Crippen LogP contribution is -2.06. The van der Waals surface area contributed by atoms with Crippen molar-refractivity contribution < 1.29 is 9.21 Å². The molecule has 0 saturated carbocycles. The summed E-state index contributed by atoms with van der Waals surface area (Å²) < 4.78 is 5.19. The third-order valence-electron chi connectivity index (χ3n) is 3.31. The quantitative estimate of drug-likeness (QED) is 0.545. The summed E-state index contributed by atoms with van der Waals surface area (Å²) in [6, 6.07) is 13.7. The Labute approximate surface area is 120 Å². The molecule has 0 bridgehead atoms. The maximum atomic E-state index is 12.2. The van der Waals surface area contributed by atoms with E-state index in [1.165, 1.54) is 11.1 Å². The van der Waals surface area contributed by atoms with E-state index in [4.69, 9.17) is 4.42 Å². The molecule has 1 heterocycles. The van der Waals surface area contributed by atoms with Crippen LogP contribution in [-0.2, 0) is 0 Å². The molecule has 104 valence electrons. The first-order valence-corrected chi connectivity index (χ1v) is 6.92. The number of allylic oxidation sites excluding steroid dienone is 2. The largest absolute Gasteiger partial charge is 0.461 e. The average Bonchev–Trinajstić information content (AvgIpc) is 2.98. The van der Waals surface area contributed by atoms with Crippen LogP contribution in [0.3, 0.4) is 0 Å². The number of rotatable bonds is 6.